The number of nitrogens with one attached hydrogen (secondary N) is 1. The lowest BCUT2D eigenvalue weighted by molar-refractivity contribution is 0.0925. The largest absolute Gasteiger partial charge is 0.322 e. The number of carbonyl (C=O) groups is 3. The lowest BCUT2D eigenvalue weighted by Crippen LogP contribution is -2.30. The zero-order chi connectivity index (χ0) is 21.4. The minimum Gasteiger partial charge on any atom is -0.322 e. The Balaban J connectivity index is 1.62. The van der Waals surface area contributed by atoms with Gasteiger partial charge in [0.25, 0.3) is 17.7 Å². The highest BCUT2D eigenvalue weighted by molar-refractivity contribution is 6.35. The molecule has 4 rings (SSSR count). The van der Waals surface area contributed by atoms with Crippen LogP contribution in [0.5, 0.6) is 0 Å². The van der Waals surface area contributed by atoms with Crippen molar-refractivity contribution in [2.75, 3.05) is 10.2 Å². The first kappa shape index (κ1) is 19.6. The van der Waals surface area contributed by atoms with E-state index >= 15 is 0 Å². The summed E-state index contributed by atoms with van der Waals surface area (Å²) in [5, 5.41) is 2.84. The molecule has 0 aromatic heterocycles. The van der Waals surface area contributed by atoms with Crippen LogP contribution in [0.15, 0.2) is 60.7 Å². The molecule has 150 valence electrons. The predicted octanol–water partition coefficient (Wildman–Crippen LogP) is 4.92. The third kappa shape index (κ3) is 3.39. The van der Waals surface area contributed by atoms with E-state index in [0.717, 1.165) is 17.5 Å². The van der Waals surface area contributed by atoms with Crippen LogP contribution in [-0.4, -0.2) is 17.7 Å². The van der Waals surface area contributed by atoms with Crippen LogP contribution in [-0.2, 0) is 6.42 Å². The second-order valence-electron chi connectivity index (χ2n) is 7.50. The summed E-state index contributed by atoms with van der Waals surface area (Å²) in [6.07, 6.45) is 0.923. The van der Waals surface area contributed by atoms with Crippen LogP contribution in [0, 0.1) is 13.8 Å². The maximum absolute atomic E-state index is 13.0. The van der Waals surface area contributed by atoms with Gasteiger partial charge in [-0.15, -0.1) is 0 Å². The van der Waals surface area contributed by atoms with Gasteiger partial charge in [0.15, 0.2) is 0 Å². The number of rotatable bonds is 4. The van der Waals surface area contributed by atoms with Crippen LogP contribution in [0.2, 0.25) is 0 Å². The number of anilines is 2. The second-order valence-corrected chi connectivity index (χ2v) is 7.50. The molecule has 5 nitrogen and oxygen atoms in total. The molecule has 1 aliphatic heterocycles. The van der Waals surface area contributed by atoms with Crippen molar-refractivity contribution in [3.63, 3.8) is 0 Å². The lowest BCUT2D eigenvalue weighted by Gasteiger charge is -2.17. The van der Waals surface area contributed by atoms with Gasteiger partial charge in [-0.2, -0.15) is 0 Å². The Bertz CT molecular complexity index is 1180. The Morgan fingerprint density at radius 2 is 1.57 bits per heavy atom. The highest BCUT2D eigenvalue weighted by atomic mass is 16.2. The molecule has 30 heavy (non-hydrogen) atoms. The zero-order valence-corrected chi connectivity index (χ0v) is 17.2. The standard InChI is InChI=1S/C25H22N2O3/c1-4-17-7-10-19(11-8-17)26-23(28)18-9-12-20-21(14-18)25(30)27(24(20)29)22-13-15(2)5-6-16(22)3/h5-14H,4H2,1-3H3,(H,26,28). The first-order valence-corrected chi connectivity index (χ1v) is 9.89. The van der Waals surface area contributed by atoms with E-state index in [0.29, 0.717) is 22.5 Å². The molecular formula is C25H22N2O3. The smallest absolute Gasteiger partial charge is 0.266 e. The van der Waals surface area contributed by atoms with Crippen molar-refractivity contribution >= 4 is 29.1 Å². The molecule has 0 aliphatic carbocycles. The van der Waals surface area contributed by atoms with Crippen LogP contribution in [0.4, 0.5) is 11.4 Å². The summed E-state index contributed by atoms with van der Waals surface area (Å²) in [6, 6.07) is 17.9. The van der Waals surface area contributed by atoms with Gasteiger partial charge in [0.1, 0.15) is 0 Å². The number of aryl methyl sites for hydroxylation is 3. The van der Waals surface area contributed by atoms with Gasteiger partial charge in [0, 0.05) is 11.3 Å². The summed E-state index contributed by atoms with van der Waals surface area (Å²) in [4.78, 5) is 39.8. The molecule has 3 aromatic rings. The summed E-state index contributed by atoms with van der Waals surface area (Å²) < 4.78 is 0. The van der Waals surface area contributed by atoms with Crippen molar-refractivity contribution in [3.05, 3.63) is 94.0 Å². The van der Waals surface area contributed by atoms with E-state index in [4.69, 9.17) is 0 Å². The molecule has 0 atom stereocenters. The van der Waals surface area contributed by atoms with Crippen LogP contribution < -0.4 is 10.2 Å². The van der Waals surface area contributed by atoms with E-state index in [1.165, 1.54) is 16.5 Å². The molecule has 1 heterocycles. The van der Waals surface area contributed by atoms with E-state index in [-0.39, 0.29) is 17.4 Å². The highest BCUT2D eigenvalue weighted by Crippen LogP contribution is 2.32. The molecule has 0 unspecified atom stereocenters. The lowest BCUT2D eigenvalue weighted by atomic mass is 10.1. The molecular weight excluding hydrogens is 376 g/mol. The normalized spacial score (nSPS) is 12.8. The second kappa shape index (κ2) is 7.59. The minimum atomic E-state index is -0.411. The topological polar surface area (TPSA) is 66.5 Å². The monoisotopic (exact) mass is 398 g/mol. The summed E-state index contributed by atoms with van der Waals surface area (Å²) >= 11 is 0. The van der Waals surface area contributed by atoms with Crippen molar-refractivity contribution in [3.8, 4) is 0 Å². The van der Waals surface area contributed by atoms with Gasteiger partial charge >= 0.3 is 0 Å². The Morgan fingerprint density at radius 1 is 0.867 bits per heavy atom. The van der Waals surface area contributed by atoms with Crippen molar-refractivity contribution in [2.45, 2.75) is 27.2 Å². The molecule has 3 aromatic carbocycles. The van der Waals surface area contributed by atoms with Crippen molar-refractivity contribution in [2.24, 2.45) is 0 Å². The quantitative estimate of drug-likeness (QED) is 0.635. The fraction of sp³-hybridized carbons (Fsp3) is 0.160. The first-order valence-electron chi connectivity index (χ1n) is 9.89. The maximum Gasteiger partial charge on any atom is 0.266 e. The zero-order valence-electron chi connectivity index (χ0n) is 17.2. The van der Waals surface area contributed by atoms with Crippen molar-refractivity contribution < 1.29 is 14.4 Å². The van der Waals surface area contributed by atoms with Gasteiger partial charge in [0.2, 0.25) is 0 Å². The van der Waals surface area contributed by atoms with Crippen molar-refractivity contribution in [1.29, 1.82) is 0 Å². The molecule has 1 N–H and O–H groups in total. The Labute approximate surface area is 175 Å². The fourth-order valence-corrected chi connectivity index (χ4v) is 3.59. The van der Waals surface area contributed by atoms with Gasteiger partial charge in [-0.3, -0.25) is 14.4 Å². The first-order chi connectivity index (χ1) is 14.4. The van der Waals surface area contributed by atoms with Gasteiger partial charge in [-0.25, -0.2) is 4.90 Å². The van der Waals surface area contributed by atoms with Crippen molar-refractivity contribution in [1.82, 2.24) is 0 Å². The van der Waals surface area contributed by atoms with Crippen LogP contribution in [0.1, 0.15) is 54.7 Å². The summed E-state index contributed by atoms with van der Waals surface area (Å²) in [7, 11) is 0. The number of imide groups is 1. The molecule has 5 heteroatoms. The van der Waals surface area contributed by atoms with Gasteiger partial charge in [0.05, 0.1) is 16.8 Å². The highest BCUT2D eigenvalue weighted by Gasteiger charge is 2.37. The molecule has 0 fully saturated rings. The summed E-state index contributed by atoms with van der Waals surface area (Å²) in [5.41, 5.74) is 5.11. The third-order valence-corrected chi connectivity index (χ3v) is 5.37. The molecule has 1 aliphatic rings. The molecule has 0 saturated carbocycles. The Kier molecular flexibility index (Phi) is 4.96. The van der Waals surface area contributed by atoms with E-state index in [9.17, 15) is 14.4 Å². The third-order valence-electron chi connectivity index (χ3n) is 5.37. The summed E-state index contributed by atoms with van der Waals surface area (Å²) in [5.74, 6) is -1.11. The summed E-state index contributed by atoms with van der Waals surface area (Å²) in [6.45, 7) is 5.84. The van der Waals surface area contributed by atoms with E-state index in [2.05, 4.69) is 12.2 Å². The fourth-order valence-electron chi connectivity index (χ4n) is 3.59. The Morgan fingerprint density at radius 3 is 2.27 bits per heavy atom. The number of hydrogen-bond donors (Lipinski definition) is 1. The van der Waals surface area contributed by atoms with E-state index < -0.39 is 5.91 Å². The maximum atomic E-state index is 13.0. The minimum absolute atomic E-state index is 0.245. The molecule has 3 amide bonds. The average Bonchev–Trinajstić information content (AvgIpc) is 3.00. The van der Waals surface area contributed by atoms with Gasteiger partial charge in [-0.1, -0.05) is 31.2 Å². The SMILES string of the molecule is CCc1ccc(NC(=O)c2ccc3c(c2)C(=O)N(c2cc(C)ccc2C)C3=O)cc1. The number of nitrogens with zero attached hydrogens (tertiary/aromatic N) is 1. The number of benzene rings is 3. The van der Waals surface area contributed by atoms with Gasteiger partial charge < -0.3 is 5.32 Å². The Hall–Kier alpha value is -3.73. The molecule has 0 bridgehead atoms. The van der Waals surface area contributed by atoms with Crippen LogP contribution in [0.25, 0.3) is 0 Å². The number of carbonyl (C=O) groups excluding carboxylic acids is 3. The van der Waals surface area contributed by atoms with E-state index in [1.54, 1.807) is 12.1 Å². The number of fused-ring (bicyclic) bond motifs is 1. The van der Waals surface area contributed by atoms with E-state index in [1.807, 2.05) is 56.3 Å². The number of hydrogen-bond acceptors (Lipinski definition) is 3. The van der Waals surface area contributed by atoms with Crippen LogP contribution >= 0.6 is 0 Å². The predicted molar refractivity (Wildman–Crippen MR) is 117 cm³/mol. The molecule has 0 saturated heterocycles. The average molecular weight is 398 g/mol. The number of amides is 3. The molecule has 0 spiro atoms. The molecule has 0 radical (unpaired) electrons. The van der Waals surface area contributed by atoms with Crippen LogP contribution in [0.3, 0.4) is 0 Å². The van der Waals surface area contributed by atoms with Gasteiger partial charge in [-0.05, 0) is 73.4 Å².